The van der Waals surface area contributed by atoms with Crippen LogP contribution in [0.3, 0.4) is 0 Å². The third-order valence-corrected chi connectivity index (χ3v) is 1.89. The maximum absolute atomic E-state index is 10.2. The van der Waals surface area contributed by atoms with Gasteiger partial charge in [0.25, 0.3) is 0 Å². The van der Waals surface area contributed by atoms with Crippen molar-refractivity contribution < 1.29 is 19.4 Å². The van der Waals surface area contributed by atoms with Crippen molar-refractivity contribution in [2.24, 2.45) is 0 Å². The molecule has 0 aromatic heterocycles. The second kappa shape index (κ2) is 8.66. The number of halogens is 2. The Hall–Kier alpha value is -1.46. The van der Waals surface area contributed by atoms with Crippen LogP contribution in [0.4, 0.5) is 0 Å². The number of aliphatic carboxylic acids is 1. The lowest BCUT2D eigenvalue weighted by molar-refractivity contribution is -0.139. The molecular weight excluding hydrogens is 269 g/mol. The van der Waals surface area contributed by atoms with Crippen LogP contribution in [-0.4, -0.2) is 31.1 Å². The summed E-state index contributed by atoms with van der Waals surface area (Å²) >= 11 is 11.3. The van der Waals surface area contributed by atoms with Crippen molar-refractivity contribution in [3.63, 3.8) is 0 Å². The Labute approximate surface area is 108 Å². The minimum absolute atomic E-state index is 0.300. The lowest BCUT2D eigenvalue weighted by Gasteiger charge is -2.04. The molecule has 0 saturated carbocycles. The third-order valence-electron chi connectivity index (χ3n) is 1.36. The number of hydrogen-bond acceptors (Lipinski definition) is 3. The summed E-state index contributed by atoms with van der Waals surface area (Å²) in [7, 11) is 1.56. The topological polar surface area (TPSA) is 75.6 Å². The van der Waals surface area contributed by atoms with Crippen molar-refractivity contribution in [3.05, 3.63) is 28.2 Å². The lowest BCUT2D eigenvalue weighted by atomic mass is 10.3. The highest BCUT2D eigenvalue weighted by Gasteiger charge is 2.04. The first-order valence-electron chi connectivity index (χ1n) is 4.41. The van der Waals surface area contributed by atoms with E-state index in [0.717, 1.165) is 0 Å². The smallest absolute Gasteiger partial charge is 0.341 e. The molecule has 0 saturated heterocycles. The zero-order valence-electron chi connectivity index (χ0n) is 8.94. The van der Waals surface area contributed by atoms with Gasteiger partial charge in [0.15, 0.2) is 6.61 Å². The Morgan fingerprint density at radius 3 is 2.53 bits per heavy atom. The van der Waals surface area contributed by atoms with E-state index in [1.165, 1.54) is 12.1 Å². The predicted octanol–water partition coefficient (Wildman–Crippen LogP) is 1.82. The molecule has 0 aliphatic carbocycles. The summed E-state index contributed by atoms with van der Waals surface area (Å²) < 4.78 is 4.86. The summed E-state index contributed by atoms with van der Waals surface area (Å²) in [5.41, 5.74) is 0. The Bertz CT molecular complexity index is 385. The van der Waals surface area contributed by atoms with Gasteiger partial charge in [0.2, 0.25) is 6.41 Å². The second-order valence-corrected chi connectivity index (χ2v) is 3.51. The maximum atomic E-state index is 10.2. The molecule has 0 aliphatic rings. The van der Waals surface area contributed by atoms with Crippen LogP contribution in [0.25, 0.3) is 0 Å². The van der Waals surface area contributed by atoms with Crippen LogP contribution >= 0.6 is 23.2 Å². The van der Waals surface area contributed by atoms with Crippen molar-refractivity contribution in [2.75, 3.05) is 13.7 Å². The molecule has 17 heavy (non-hydrogen) atoms. The van der Waals surface area contributed by atoms with Crippen molar-refractivity contribution in [1.29, 1.82) is 0 Å². The van der Waals surface area contributed by atoms with Crippen molar-refractivity contribution >= 4 is 35.6 Å². The van der Waals surface area contributed by atoms with Crippen LogP contribution in [-0.2, 0) is 9.59 Å². The van der Waals surface area contributed by atoms with Crippen LogP contribution < -0.4 is 10.1 Å². The van der Waals surface area contributed by atoms with E-state index in [4.69, 9.17) is 37.8 Å². The number of carbonyl (C=O) groups excluding carboxylic acids is 1. The molecule has 0 aliphatic heterocycles. The van der Waals surface area contributed by atoms with Crippen LogP contribution in [0.15, 0.2) is 18.2 Å². The van der Waals surface area contributed by atoms with Gasteiger partial charge in [-0.3, -0.25) is 4.79 Å². The Morgan fingerprint density at radius 1 is 1.53 bits per heavy atom. The fourth-order valence-electron chi connectivity index (χ4n) is 0.732. The van der Waals surface area contributed by atoms with Gasteiger partial charge in [-0.25, -0.2) is 4.79 Å². The molecule has 1 aromatic rings. The number of benzene rings is 1. The number of nitrogens with one attached hydrogen (secondary N) is 1. The van der Waals surface area contributed by atoms with Crippen molar-refractivity contribution in [3.8, 4) is 5.75 Å². The van der Waals surface area contributed by atoms with E-state index in [-0.39, 0.29) is 0 Å². The molecule has 1 rings (SSSR count). The van der Waals surface area contributed by atoms with Gasteiger partial charge in [0.05, 0.1) is 5.02 Å². The summed E-state index contributed by atoms with van der Waals surface area (Å²) in [5.74, 6) is -0.737. The Morgan fingerprint density at radius 2 is 2.12 bits per heavy atom. The van der Waals surface area contributed by atoms with E-state index in [1.54, 1.807) is 13.1 Å². The molecule has 0 unspecified atom stereocenters. The van der Waals surface area contributed by atoms with Gasteiger partial charge in [0.1, 0.15) is 5.75 Å². The number of rotatable bonds is 4. The van der Waals surface area contributed by atoms with Gasteiger partial charge in [-0.05, 0) is 18.2 Å². The number of carboxylic acids is 1. The number of carboxylic acid groups (broad SMARTS) is 1. The SMILES string of the molecule is CNC=O.O=C(O)COc1ccc(Cl)cc1Cl. The summed E-state index contributed by atoms with van der Waals surface area (Å²) in [5, 5.41) is 11.4. The molecule has 0 bridgehead atoms. The first-order valence-corrected chi connectivity index (χ1v) is 5.17. The van der Waals surface area contributed by atoms with Crippen LogP contribution in [0.5, 0.6) is 5.75 Å². The standard InChI is InChI=1S/C8H6Cl2O3.C2H5NO/c9-5-1-2-7(6(10)3-5)13-4-8(11)12;1-3-2-4/h1-3H,4H2,(H,11,12);2H,1H3,(H,3,4). The molecule has 2 N–H and O–H groups in total. The van der Waals surface area contributed by atoms with E-state index in [1.807, 2.05) is 0 Å². The summed E-state index contributed by atoms with van der Waals surface area (Å²) in [6, 6.07) is 4.58. The second-order valence-electron chi connectivity index (χ2n) is 2.66. The molecular formula is C10H11Cl2NO4. The Balaban J connectivity index is 0.000000557. The quantitative estimate of drug-likeness (QED) is 0.825. The number of amides is 1. The molecule has 1 aromatic carbocycles. The van der Waals surface area contributed by atoms with E-state index >= 15 is 0 Å². The highest BCUT2D eigenvalue weighted by molar-refractivity contribution is 6.35. The highest BCUT2D eigenvalue weighted by atomic mass is 35.5. The first kappa shape index (κ1) is 15.5. The number of carbonyl (C=O) groups is 2. The first-order chi connectivity index (χ1) is 8.01. The maximum Gasteiger partial charge on any atom is 0.341 e. The van der Waals surface area contributed by atoms with E-state index < -0.39 is 12.6 Å². The Kier molecular flexibility index (Phi) is 7.92. The molecule has 0 radical (unpaired) electrons. The average Bonchev–Trinajstić information content (AvgIpc) is 2.28. The van der Waals surface area contributed by atoms with Gasteiger partial charge in [-0.15, -0.1) is 0 Å². The molecule has 5 nitrogen and oxygen atoms in total. The molecule has 0 fully saturated rings. The summed E-state index contributed by atoms with van der Waals surface area (Å²) in [4.78, 5) is 19.2. The summed E-state index contributed by atoms with van der Waals surface area (Å²) in [6.07, 6.45) is 0.625. The van der Waals surface area contributed by atoms with Gasteiger partial charge >= 0.3 is 5.97 Å². The molecule has 0 heterocycles. The predicted molar refractivity (Wildman–Crippen MR) is 64.7 cm³/mol. The third kappa shape index (κ3) is 7.43. The van der Waals surface area contributed by atoms with Crippen molar-refractivity contribution in [1.82, 2.24) is 5.32 Å². The van der Waals surface area contributed by atoms with Gasteiger partial charge in [-0.2, -0.15) is 0 Å². The van der Waals surface area contributed by atoms with Gasteiger partial charge in [-0.1, -0.05) is 23.2 Å². The average molecular weight is 280 g/mol. The molecule has 1 amide bonds. The largest absolute Gasteiger partial charge is 0.480 e. The number of ether oxygens (including phenoxy) is 1. The molecule has 94 valence electrons. The lowest BCUT2D eigenvalue weighted by Crippen LogP contribution is -2.09. The zero-order valence-corrected chi connectivity index (χ0v) is 10.5. The monoisotopic (exact) mass is 279 g/mol. The van der Waals surface area contributed by atoms with Crippen molar-refractivity contribution in [2.45, 2.75) is 0 Å². The van der Waals surface area contributed by atoms with Crippen LogP contribution in [0.1, 0.15) is 0 Å². The number of hydrogen-bond donors (Lipinski definition) is 2. The minimum atomic E-state index is -1.05. The highest BCUT2D eigenvalue weighted by Crippen LogP contribution is 2.27. The fourth-order valence-corrected chi connectivity index (χ4v) is 1.19. The van der Waals surface area contributed by atoms with E-state index in [2.05, 4.69) is 5.32 Å². The summed E-state index contributed by atoms with van der Waals surface area (Å²) in [6.45, 7) is -0.415. The molecule has 0 spiro atoms. The molecule has 7 heteroatoms. The molecule has 0 atom stereocenters. The van der Waals surface area contributed by atoms with Gasteiger partial charge in [0, 0.05) is 12.1 Å². The van der Waals surface area contributed by atoms with Gasteiger partial charge < -0.3 is 15.2 Å². The van der Waals surface area contributed by atoms with Crippen LogP contribution in [0.2, 0.25) is 10.0 Å². The van der Waals surface area contributed by atoms with Crippen LogP contribution in [0, 0.1) is 0 Å². The normalized spacial score (nSPS) is 8.65. The fraction of sp³-hybridized carbons (Fsp3) is 0.200. The minimum Gasteiger partial charge on any atom is -0.480 e. The van der Waals surface area contributed by atoms with E-state index in [9.17, 15) is 4.79 Å². The zero-order chi connectivity index (χ0) is 13.3. The van der Waals surface area contributed by atoms with E-state index in [0.29, 0.717) is 22.2 Å².